The number of benzene rings is 1. The lowest BCUT2D eigenvalue weighted by molar-refractivity contribution is 0.0171. The summed E-state index contributed by atoms with van der Waals surface area (Å²) in [5.74, 6) is 0. The van der Waals surface area contributed by atoms with Crippen molar-refractivity contribution in [2.24, 2.45) is 0 Å². The number of aryl methyl sites for hydroxylation is 2. The van der Waals surface area contributed by atoms with Crippen molar-refractivity contribution in [3.05, 3.63) is 29.3 Å². The van der Waals surface area contributed by atoms with Gasteiger partial charge in [0.1, 0.15) is 0 Å². The van der Waals surface area contributed by atoms with Crippen LogP contribution in [0.1, 0.15) is 17.5 Å². The maximum Gasteiger partial charge on any atom is 0.0839 e. The molecule has 0 aromatic heterocycles. The smallest absolute Gasteiger partial charge is 0.0839 e. The SMILES string of the molecule is OC(CNc1ccc2c(c1)CCC2)CN1CCOCC1. The molecule has 0 spiro atoms. The van der Waals surface area contributed by atoms with E-state index in [9.17, 15) is 5.11 Å². The molecule has 3 rings (SSSR count). The van der Waals surface area contributed by atoms with Crippen molar-refractivity contribution >= 4 is 5.69 Å². The average molecular weight is 276 g/mol. The molecule has 1 heterocycles. The Balaban J connectivity index is 1.46. The Morgan fingerprint density at radius 3 is 2.85 bits per heavy atom. The molecule has 20 heavy (non-hydrogen) atoms. The van der Waals surface area contributed by atoms with Gasteiger partial charge in [-0.1, -0.05) is 6.07 Å². The summed E-state index contributed by atoms with van der Waals surface area (Å²) in [5, 5.41) is 13.5. The molecule has 4 nitrogen and oxygen atoms in total. The van der Waals surface area contributed by atoms with E-state index in [2.05, 4.69) is 28.4 Å². The molecule has 0 radical (unpaired) electrons. The normalized spacial score (nSPS) is 20.6. The number of anilines is 1. The molecule has 0 saturated carbocycles. The van der Waals surface area contributed by atoms with Gasteiger partial charge in [0.25, 0.3) is 0 Å². The van der Waals surface area contributed by atoms with Crippen LogP contribution in [-0.4, -0.2) is 55.5 Å². The Hall–Kier alpha value is -1.10. The van der Waals surface area contributed by atoms with E-state index in [1.807, 2.05) is 0 Å². The van der Waals surface area contributed by atoms with E-state index in [4.69, 9.17) is 4.74 Å². The van der Waals surface area contributed by atoms with Gasteiger partial charge < -0.3 is 15.2 Å². The number of aliphatic hydroxyl groups excluding tert-OH is 1. The number of aliphatic hydroxyl groups is 1. The maximum absolute atomic E-state index is 10.1. The van der Waals surface area contributed by atoms with Gasteiger partial charge in [0.05, 0.1) is 19.3 Å². The highest BCUT2D eigenvalue weighted by molar-refractivity contribution is 5.50. The van der Waals surface area contributed by atoms with Crippen molar-refractivity contribution in [2.45, 2.75) is 25.4 Å². The van der Waals surface area contributed by atoms with E-state index in [0.717, 1.165) is 38.5 Å². The van der Waals surface area contributed by atoms with E-state index in [1.165, 1.54) is 30.4 Å². The van der Waals surface area contributed by atoms with Crippen LogP contribution < -0.4 is 5.32 Å². The minimum atomic E-state index is -0.332. The molecule has 110 valence electrons. The van der Waals surface area contributed by atoms with Crippen LogP contribution in [-0.2, 0) is 17.6 Å². The van der Waals surface area contributed by atoms with Crippen molar-refractivity contribution in [3.63, 3.8) is 0 Å². The first-order valence-corrected chi connectivity index (χ1v) is 7.65. The third-order valence-electron chi connectivity index (χ3n) is 4.21. The summed E-state index contributed by atoms with van der Waals surface area (Å²) in [6, 6.07) is 6.59. The Morgan fingerprint density at radius 2 is 2.00 bits per heavy atom. The van der Waals surface area contributed by atoms with Crippen molar-refractivity contribution in [3.8, 4) is 0 Å². The van der Waals surface area contributed by atoms with Crippen molar-refractivity contribution in [1.82, 2.24) is 4.90 Å². The molecule has 1 atom stereocenters. The highest BCUT2D eigenvalue weighted by Gasteiger charge is 2.15. The predicted octanol–water partition coefficient (Wildman–Crippen LogP) is 1.28. The zero-order chi connectivity index (χ0) is 13.8. The molecule has 2 aliphatic rings. The second-order valence-electron chi connectivity index (χ2n) is 5.78. The van der Waals surface area contributed by atoms with Crippen molar-refractivity contribution in [2.75, 3.05) is 44.7 Å². The van der Waals surface area contributed by atoms with E-state index >= 15 is 0 Å². The summed E-state index contributed by atoms with van der Waals surface area (Å²) in [4.78, 5) is 2.26. The quantitative estimate of drug-likeness (QED) is 0.850. The standard InChI is InChI=1S/C16H24N2O2/c19-16(12-18-6-8-20-9-7-18)11-17-15-5-4-13-2-1-3-14(13)10-15/h4-5,10,16-17,19H,1-3,6-9,11-12H2. The Kier molecular flexibility index (Phi) is 4.55. The monoisotopic (exact) mass is 276 g/mol. The molecule has 1 fully saturated rings. The Morgan fingerprint density at radius 1 is 1.20 bits per heavy atom. The molecular formula is C16H24N2O2. The zero-order valence-corrected chi connectivity index (χ0v) is 12.0. The third kappa shape index (κ3) is 3.51. The molecule has 0 bridgehead atoms. The number of fused-ring (bicyclic) bond motifs is 1. The lowest BCUT2D eigenvalue weighted by Crippen LogP contribution is -2.42. The van der Waals surface area contributed by atoms with Crippen LogP contribution in [0.4, 0.5) is 5.69 Å². The number of nitrogens with one attached hydrogen (secondary N) is 1. The van der Waals surface area contributed by atoms with Crippen LogP contribution >= 0.6 is 0 Å². The van der Waals surface area contributed by atoms with Crippen LogP contribution in [0.5, 0.6) is 0 Å². The number of nitrogens with zero attached hydrogens (tertiary/aromatic N) is 1. The molecule has 1 aromatic carbocycles. The summed E-state index contributed by atoms with van der Waals surface area (Å²) < 4.78 is 5.31. The van der Waals surface area contributed by atoms with E-state index in [-0.39, 0.29) is 6.10 Å². The fourth-order valence-electron chi connectivity index (χ4n) is 3.06. The lowest BCUT2D eigenvalue weighted by Gasteiger charge is -2.28. The number of morpholine rings is 1. The molecule has 1 unspecified atom stereocenters. The summed E-state index contributed by atoms with van der Waals surface area (Å²) in [6.45, 7) is 4.75. The topological polar surface area (TPSA) is 44.7 Å². The second-order valence-corrected chi connectivity index (χ2v) is 5.78. The zero-order valence-electron chi connectivity index (χ0n) is 12.0. The average Bonchev–Trinajstić information content (AvgIpc) is 2.93. The minimum absolute atomic E-state index is 0.332. The highest BCUT2D eigenvalue weighted by Crippen LogP contribution is 2.24. The number of β-amino-alcohol motifs (C(OH)–C–C–N with tert-alkyl or cyclic N) is 1. The Bertz CT molecular complexity index is 444. The molecule has 1 aromatic rings. The third-order valence-corrected chi connectivity index (χ3v) is 4.21. The fourth-order valence-corrected chi connectivity index (χ4v) is 3.06. The largest absolute Gasteiger partial charge is 0.390 e. The van der Waals surface area contributed by atoms with Crippen molar-refractivity contribution in [1.29, 1.82) is 0 Å². The summed E-state index contributed by atoms with van der Waals surface area (Å²) in [5.41, 5.74) is 4.09. The van der Waals surface area contributed by atoms with Gasteiger partial charge in [-0.15, -0.1) is 0 Å². The van der Waals surface area contributed by atoms with Gasteiger partial charge in [-0.3, -0.25) is 4.90 Å². The first kappa shape index (κ1) is 13.9. The van der Waals surface area contributed by atoms with E-state index < -0.39 is 0 Å². The van der Waals surface area contributed by atoms with Gasteiger partial charge in [0.15, 0.2) is 0 Å². The number of hydrogen-bond acceptors (Lipinski definition) is 4. The van der Waals surface area contributed by atoms with Crippen LogP contribution in [0.3, 0.4) is 0 Å². The van der Waals surface area contributed by atoms with Gasteiger partial charge in [-0.05, 0) is 42.5 Å². The fraction of sp³-hybridized carbons (Fsp3) is 0.625. The molecule has 1 aliphatic carbocycles. The van der Waals surface area contributed by atoms with Gasteiger partial charge >= 0.3 is 0 Å². The summed E-state index contributed by atoms with van der Waals surface area (Å²) in [7, 11) is 0. The number of hydrogen-bond donors (Lipinski definition) is 2. The highest BCUT2D eigenvalue weighted by atomic mass is 16.5. The molecule has 1 aliphatic heterocycles. The van der Waals surface area contributed by atoms with Gasteiger partial charge in [0, 0.05) is 31.9 Å². The van der Waals surface area contributed by atoms with Crippen LogP contribution in [0.2, 0.25) is 0 Å². The van der Waals surface area contributed by atoms with E-state index in [0.29, 0.717) is 6.54 Å². The lowest BCUT2D eigenvalue weighted by atomic mass is 10.1. The number of rotatable bonds is 5. The predicted molar refractivity (Wildman–Crippen MR) is 80.2 cm³/mol. The minimum Gasteiger partial charge on any atom is -0.390 e. The first-order valence-electron chi connectivity index (χ1n) is 7.65. The maximum atomic E-state index is 10.1. The second kappa shape index (κ2) is 6.57. The summed E-state index contributed by atoms with van der Waals surface area (Å²) in [6.07, 6.45) is 3.36. The number of ether oxygens (including phenoxy) is 1. The summed E-state index contributed by atoms with van der Waals surface area (Å²) >= 11 is 0. The first-order chi connectivity index (χ1) is 9.81. The van der Waals surface area contributed by atoms with Gasteiger partial charge in [-0.25, -0.2) is 0 Å². The van der Waals surface area contributed by atoms with Crippen LogP contribution in [0, 0.1) is 0 Å². The van der Waals surface area contributed by atoms with Gasteiger partial charge in [-0.2, -0.15) is 0 Å². The van der Waals surface area contributed by atoms with Gasteiger partial charge in [0.2, 0.25) is 0 Å². The Labute approximate surface area is 120 Å². The van der Waals surface area contributed by atoms with Crippen molar-refractivity contribution < 1.29 is 9.84 Å². The van der Waals surface area contributed by atoms with E-state index in [1.54, 1.807) is 0 Å². The van der Waals surface area contributed by atoms with Crippen LogP contribution in [0.15, 0.2) is 18.2 Å². The molecule has 2 N–H and O–H groups in total. The molecule has 4 heteroatoms. The molecular weight excluding hydrogens is 252 g/mol. The van der Waals surface area contributed by atoms with Crippen LogP contribution in [0.25, 0.3) is 0 Å². The molecule has 0 amide bonds. The molecule has 1 saturated heterocycles.